The summed E-state index contributed by atoms with van der Waals surface area (Å²) >= 11 is 0. The van der Waals surface area contributed by atoms with Gasteiger partial charge in [-0.1, -0.05) is 0 Å². The number of hydrogen-bond donors (Lipinski definition) is 0. The lowest BCUT2D eigenvalue weighted by Gasteiger charge is -2.56. The second-order valence-corrected chi connectivity index (χ2v) is 10.2. The van der Waals surface area contributed by atoms with Gasteiger partial charge in [0.25, 0.3) is 0 Å². The number of anilines is 2. The summed E-state index contributed by atoms with van der Waals surface area (Å²) in [5.74, 6) is -0.0734. The minimum atomic E-state index is -0.219. The van der Waals surface area contributed by atoms with Gasteiger partial charge in [0.05, 0.1) is 32.6 Å². The molecule has 6 heteroatoms. The van der Waals surface area contributed by atoms with Crippen molar-refractivity contribution in [2.24, 2.45) is 0 Å². The lowest BCUT2D eigenvalue weighted by molar-refractivity contribution is -0.992. The Morgan fingerprint density at radius 1 is 0.875 bits per heavy atom. The van der Waals surface area contributed by atoms with E-state index in [0.717, 1.165) is 42.5 Å². The maximum atomic E-state index is 14.2. The standard InChI is InChI=1S/C26H32F2N3.ClH/c27-19-4-7-21(8-5-19)30-25-9-6-20(28)16-23(25)24-18-29(12-10-26(24)30)17-22-11-15-31(22)13-2-1-3-14-31;/h4-9,16,22,24,26H,1-3,10-15,17-18H2;1H/q+1;/t22-,24?,26?;/m1./s1. The van der Waals surface area contributed by atoms with Crippen molar-refractivity contribution in [2.45, 2.75) is 50.1 Å². The molecule has 0 aromatic heterocycles. The molecule has 2 aromatic rings. The number of hydrogen-bond acceptors (Lipinski definition) is 2. The summed E-state index contributed by atoms with van der Waals surface area (Å²) < 4.78 is 29.1. The Morgan fingerprint density at radius 3 is 2.34 bits per heavy atom. The Balaban J connectivity index is 0.00000216. The van der Waals surface area contributed by atoms with Crippen LogP contribution in [-0.2, 0) is 0 Å². The second-order valence-electron chi connectivity index (χ2n) is 10.2. The van der Waals surface area contributed by atoms with Gasteiger partial charge in [0.1, 0.15) is 17.7 Å². The summed E-state index contributed by atoms with van der Waals surface area (Å²) in [6.45, 7) is 7.39. The van der Waals surface area contributed by atoms with Crippen LogP contribution < -0.4 is 4.90 Å². The number of quaternary nitrogens is 1. The molecule has 0 N–H and O–H groups in total. The summed E-state index contributed by atoms with van der Waals surface area (Å²) in [6, 6.07) is 13.1. The molecule has 0 bridgehead atoms. The average molecular weight is 461 g/mol. The third kappa shape index (κ3) is 3.63. The van der Waals surface area contributed by atoms with Crippen molar-refractivity contribution in [3.05, 3.63) is 59.7 Å². The predicted molar refractivity (Wildman–Crippen MR) is 127 cm³/mol. The Bertz CT molecular complexity index is 960. The maximum absolute atomic E-state index is 14.2. The molecule has 3 fully saturated rings. The van der Waals surface area contributed by atoms with Crippen LogP contribution in [0.15, 0.2) is 42.5 Å². The van der Waals surface area contributed by atoms with Gasteiger partial charge in [0.2, 0.25) is 0 Å². The van der Waals surface area contributed by atoms with E-state index < -0.39 is 0 Å². The number of fused-ring (bicyclic) bond motifs is 3. The summed E-state index contributed by atoms with van der Waals surface area (Å²) in [7, 11) is 0. The Morgan fingerprint density at radius 2 is 1.62 bits per heavy atom. The van der Waals surface area contributed by atoms with Crippen LogP contribution in [0, 0.1) is 11.6 Å². The fourth-order valence-electron chi connectivity index (χ4n) is 6.91. The molecule has 0 radical (unpaired) electrons. The number of halogens is 3. The van der Waals surface area contributed by atoms with E-state index in [4.69, 9.17) is 0 Å². The van der Waals surface area contributed by atoms with Crippen molar-refractivity contribution in [3.63, 3.8) is 0 Å². The van der Waals surface area contributed by atoms with Gasteiger partial charge in [-0.15, -0.1) is 12.4 Å². The van der Waals surface area contributed by atoms with E-state index >= 15 is 0 Å². The first kappa shape index (κ1) is 22.1. The van der Waals surface area contributed by atoms with Crippen molar-refractivity contribution >= 4 is 23.8 Å². The van der Waals surface area contributed by atoms with Gasteiger partial charge in [-0.3, -0.25) is 4.90 Å². The van der Waals surface area contributed by atoms with Crippen molar-refractivity contribution in [1.82, 2.24) is 4.90 Å². The molecule has 32 heavy (non-hydrogen) atoms. The highest BCUT2D eigenvalue weighted by atomic mass is 35.5. The molecular formula is C26H33ClF2N3+. The van der Waals surface area contributed by atoms with E-state index in [1.807, 2.05) is 18.2 Å². The van der Waals surface area contributed by atoms with Crippen LogP contribution in [0.1, 0.15) is 43.6 Å². The molecule has 3 saturated heterocycles. The molecule has 1 spiro atoms. The van der Waals surface area contributed by atoms with Gasteiger partial charge < -0.3 is 9.38 Å². The van der Waals surface area contributed by atoms with Gasteiger partial charge in [0.15, 0.2) is 0 Å². The van der Waals surface area contributed by atoms with Crippen LogP contribution in [0.3, 0.4) is 0 Å². The van der Waals surface area contributed by atoms with Crippen molar-refractivity contribution in [3.8, 4) is 0 Å². The molecule has 2 aromatic carbocycles. The molecule has 0 amide bonds. The monoisotopic (exact) mass is 460 g/mol. The topological polar surface area (TPSA) is 6.48 Å². The zero-order valence-electron chi connectivity index (χ0n) is 18.6. The van der Waals surface area contributed by atoms with Gasteiger partial charge in [-0.25, -0.2) is 8.78 Å². The summed E-state index contributed by atoms with van der Waals surface area (Å²) in [4.78, 5) is 4.99. The fourth-order valence-corrected chi connectivity index (χ4v) is 6.91. The molecule has 172 valence electrons. The van der Waals surface area contributed by atoms with Crippen molar-refractivity contribution in [1.29, 1.82) is 0 Å². The number of piperidine rings is 2. The van der Waals surface area contributed by atoms with E-state index in [1.54, 1.807) is 12.1 Å². The van der Waals surface area contributed by atoms with Crippen LogP contribution >= 0.6 is 12.4 Å². The molecule has 3 atom stereocenters. The average Bonchev–Trinajstić information content (AvgIpc) is 3.11. The predicted octanol–water partition coefficient (Wildman–Crippen LogP) is 5.47. The zero-order valence-corrected chi connectivity index (χ0v) is 19.4. The Hall–Kier alpha value is -1.69. The van der Waals surface area contributed by atoms with Crippen molar-refractivity contribution < 1.29 is 13.3 Å². The molecule has 3 nitrogen and oxygen atoms in total. The minimum absolute atomic E-state index is 0. The molecule has 0 aliphatic carbocycles. The van der Waals surface area contributed by atoms with E-state index in [9.17, 15) is 8.78 Å². The van der Waals surface area contributed by atoms with E-state index in [1.165, 1.54) is 68.5 Å². The molecule has 0 saturated carbocycles. The summed E-state index contributed by atoms with van der Waals surface area (Å²) in [5, 5.41) is 0. The molecule has 6 rings (SSSR count). The highest BCUT2D eigenvalue weighted by molar-refractivity contribution is 5.85. The Labute approximate surface area is 196 Å². The van der Waals surface area contributed by atoms with E-state index in [-0.39, 0.29) is 24.0 Å². The van der Waals surface area contributed by atoms with Crippen LogP contribution in [0.4, 0.5) is 20.2 Å². The van der Waals surface area contributed by atoms with E-state index in [2.05, 4.69) is 9.80 Å². The first-order valence-electron chi connectivity index (χ1n) is 12.1. The van der Waals surface area contributed by atoms with Gasteiger partial charge in [0, 0.05) is 36.4 Å². The first-order chi connectivity index (χ1) is 15.1. The highest BCUT2D eigenvalue weighted by Gasteiger charge is 2.49. The third-order valence-corrected chi connectivity index (χ3v) is 8.60. The zero-order chi connectivity index (χ0) is 21.0. The molecule has 4 aliphatic heterocycles. The minimum Gasteiger partial charge on any atom is -0.337 e. The van der Waals surface area contributed by atoms with Gasteiger partial charge >= 0.3 is 0 Å². The summed E-state index contributed by atoms with van der Waals surface area (Å²) in [5.41, 5.74) is 3.22. The third-order valence-electron chi connectivity index (χ3n) is 8.60. The quantitative estimate of drug-likeness (QED) is 0.560. The molecule has 2 unspecified atom stereocenters. The maximum Gasteiger partial charge on any atom is 0.123 e. The van der Waals surface area contributed by atoms with Gasteiger partial charge in [-0.05, 0) is 73.7 Å². The Kier molecular flexibility index (Phi) is 5.93. The largest absolute Gasteiger partial charge is 0.337 e. The van der Waals surface area contributed by atoms with Crippen LogP contribution in [0.2, 0.25) is 0 Å². The highest BCUT2D eigenvalue weighted by Crippen LogP contribution is 2.49. The molecule has 4 aliphatic rings. The number of benzene rings is 2. The lowest BCUT2D eigenvalue weighted by Crippen LogP contribution is -2.70. The van der Waals surface area contributed by atoms with Crippen LogP contribution in [0.5, 0.6) is 0 Å². The number of nitrogens with zero attached hydrogens (tertiary/aromatic N) is 3. The lowest BCUT2D eigenvalue weighted by atomic mass is 9.87. The SMILES string of the molecule is Cl.Fc1ccc(N2c3ccc(F)cc3C3CN(C[C@H]4CC[N+]45CCCCC5)CCC32)cc1. The van der Waals surface area contributed by atoms with Crippen LogP contribution in [-0.4, -0.2) is 60.7 Å². The normalized spacial score (nSPS) is 28.6. The smallest absolute Gasteiger partial charge is 0.123 e. The van der Waals surface area contributed by atoms with E-state index in [0.29, 0.717) is 12.0 Å². The molecule has 4 heterocycles. The second kappa shape index (κ2) is 8.58. The molecular weight excluding hydrogens is 428 g/mol. The van der Waals surface area contributed by atoms with Gasteiger partial charge in [-0.2, -0.15) is 0 Å². The first-order valence-corrected chi connectivity index (χ1v) is 12.1. The van der Waals surface area contributed by atoms with Crippen molar-refractivity contribution in [2.75, 3.05) is 44.2 Å². The summed E-state index contributed by atoms with van der Waals surface area (Å²) in [6.07, 6.45) is 6.60. The fraction of sp³-hybridized carbons (Fsp3) is 0.538. The van der Waals surface area contributed by atoms with Crippen LogP contribution in [0.25, 0.3) is 0 Å². The number of likely N-dealkylation sites (tertiary alicyclic amines) is 1. The number of rotatable bonds is 3.